The molecule has 0 saturated heterocycles. The average molecular weight is 313 g/mol. The van der Waals surface area contributed by atoms with Crippen molar-refractivity contribution in [3.63, 3.8) is 0 Å². The van der Waals surface area contributed by atoms with Gasteiger partial charge in [0.1, 0.15) is 5.75 Å². The van der Waals surface area contributed by atoms with Crippen molar-refractivity contribution in [3.8, 4) is 5.75 Å². The largest absolute Gasteiger partial charge is 0.497 e. The van der Waals surface area contributed by atoms with Gasteiger partial charge in [-0.3, -0.25) is 4.98 Å². The maximum absolute atomic E-state index is 12.5. The number of nitrogens with zero attached hydrogens (tertiary/aromatic N) is 2. The normalized spacial score (nSPS) is 11.6. The zero-order valence-electron chi connectivity index (χ0n) is 13.8. The van der Waals surface area contributed by atoms with Gasteiger partial charge in [0.15, 0.2) is 0 Å². The van der Waals surface area contributed by atoms with Crippen LogP contribution in [0.1, 0.15) is 31.5 Å². The number of aromatic nitrogens is 1. The van der Waals surface area contributed by atoms with Crippen LogP contribution in [0.4, 0.5) is 10.5 Å². The molecule has 1 aromatic carbocycles. The maximum atomic E-state index is 12.5. The van der Waals surface area contributed by atoms with Gasteiger partial charge >= 0.3 is 6.03 Å². The van der Waals surface area contributed by atoms with Gasteiger partial charge in [-0.1, -0.05) is 19.4 Å². The van der Waals surface area contributed by atoms with Crippen LogP contribution in [-0.4, -0.2) is 30.1 Å². The summed E-state index contributed by atoms with van der Waals surface area (Å²) in [6.07, 6.45) is 3.60. The van der Waals surface area contributed by atoms with E-state index in [9.17, 15) is 4.79 Å². The number of anilines is 1. The smallest absolute Gasteiger partial charge is 0.322 e. The highest BCUT2D eigenvalue weighted by Gasteiger charge is 2.22. The highest BCUT2D eigenvalue weighted by molar-refractivity contribution is 5.89. The zero-order chi connectivity index (χ0) is 16.7. The number of ether oxygens (including phenoxy) is 1. The quantitative estimate of drug-likeness (QED) is 0.873. The molecule has 0 radical (unpaired) electrons. The number of benzene rings is 1. The molecule has 5 heteroatoms. The predicted molar refractivity (Wildman–Crippen MR) is 91.7 cm³/mol. The molecule has 2 rings (SSSR count). The number of carbonyl (C=O) groups excluding carboxylic acids is 1. The van der Waals surface area contributed by atoms with E-state index in [0.717, 1.165) is 30.0 Å². The molecule has 0 aliphatic rings. The van der Waals surface area contributed by atoms with E-state index in [1.165, 1.54) is 0 Å². The minimum absolute atomic E-state index is 0.0422. The molecule has 0 unspecified atom stereocenters. The Bertz CT molecular complexity index is 614. The van der Waals surface area contributed by atoms with Crippen molar-refractivity contribution in [1.82, 2.24) is 9.88 Å². The third-order valence-electron chi connectivity index (χ3n) is 3.72. The van der Waals surface area contributed by atoms with Crippen LogP contribution in [0.15, 0.2) is 48.7 Å². The first-order valence-corrected chi connectivity index (χ1v) is 7.74. The Morgan fingerprint density at radius 2 is 2.00 bits per heavy atom. The topological polar surface area (TPSA) is 54.5 Å². The lowest BCUT2D eigenvalue weighted by Gasteiger charge is -2.27. The van der Waals surface area contributed by atoms with E-state index >= 15 is 0 Å². The SMILES string of the molecule is CCC[C@H](c1ccccn1)N(C)C(=O)Nc1ccc(OC)cc1. The van der Waals surface area contributed by atoms with Crippen LogP contribution in [0.25, 0.3) is 0 Å². The van der Waals surface area contributed by atoms with Crippen molar-refractivity contribution in [3.05, 3.63) is 54.4 Å². The lowest BCUT2D eigenvalue weighted by molar-refractivity contribution is 0.199. The average Bonchev–Trinajstić information content (AvgIpc) is 2.60. The van der Waals surface area contributed by atoms with Crippen LogP contribution in [0.3, 0.4) is 0 Å². The van der Waals surface area contributed by atoms with Gasteiger partial charge in [0.2, 0.25) is 0 Å². The van der Waals surface area contributed by atoms with Crippen LogP contribution in [0.2, 0.25) is 0 Å². The molecule has 0 aliphatic carbocycles. The van der Waals surface area contributed by atoms with E-state index in [-0.39, 0.29) is 12.1 Å². The zero-order valence-corrected chi connectivity index (χ0v) is 13.8. The first-order valence-electron chi connectivity index (χ1n) is 7.74. The van der Waals surface area contributed by atoms with Crippen LogP contribution in [-0.2, 0) is 0 Å². The Labute approximate surface area is 137 Å². The fraction of sp³-hybridized carbons (Fsp3) is 0.333. The van der Waals surface area contributed by atoms with E-state index in [2.05, 4.69) is 17.2 Å². The molecule has 0 fully saturated rings. The van der Waals surface area contributed by atoms with Gasteiger partial charge in [0.25, 0.3) is 0 Å². The number of hydrogen-bond donors (Lipinski definition) is 1. The molecule has 1 N–H and O–H groups in total. The van der Waals surface area contributed by atoms with Crippen LogP contribution in [0.5, 0.6) is 5.75 Å². The Hall–Kier alpha value is -2.56. The monoisotopic (exact) mass is 313 g/mol. The van der Waals surface area contributed by atoms with E-state index < -0.39 is 0 Å². The summed E-state index contributed by atoms with van der Waals surface area (Å²) < 4.78 is 5.12. The van der Waals surface area contributed by atoms with Gasteiger partial charge in [-0.2, -0.15) is 0 Å². The molecule has 122 valence electrons. The Kier molecular flexibility index (Phi) is 5.97. The number of methoxy groups -OCH3 is 1. The molecule has 1 heterocycles. The highest BCUT2D eigenvalue weighted by Crippen LogP contribution is 2.24. The number of amides is 2. The van der Waals surface area contributed by atoms with Gasteiger partial charge in [-0.25, -0.2) is 4.79 Å². The Morgan fingerprint density at radius 3 is 2.57 bits per heavy atom. The van der Waals surface area contributed by atoms with Crippen LogP contribution in [0, 0.1) is 0 Å². The molecule has 1 atom stereocenters. The van der Waals surface area contributed by atoms with Crippen LogP contribution < -0.4 is 10.1 Å². The highest BCUT2D eigenvalue weighted by atomic mass is 16.5. The molecular formula is C18H23N3O2. The molecule has 2 aromatic rings. The second-order valence-electron chi connectivity index (χ2n) is 5.33. The first kappa shape index (κ1) is 16.8. The van der Waals surface area contributed by atoms with Crippen LogP contribution >= 0.6 is 0 Å². The molecule has 2 amide bonds. The molecule has 0 aliphatic heterocycles. The van der Waals surface area contributed by atoms with E-state index in [0.29, 0.717) is 0 Å². The number of carbonyl (C=O) groups is 1. The summed E-state index contributed by atoms with van der Waals surface area (Å²) in [4.78, 5) is 18.6. The fourth-order valence-electron chi connectivity index (χ4n) is 2.41. The molecule has 23 heavy (non-hydrogen) atoms. The van der Waals surface area contributed by atoms with Crippen molar-refractivity contribution in [2.75, 3.05) is 19.5 Å². The van der Waals surface area contributed by atoms with Crippen molar-refractivity contribution >= 4 is 11.7 Å². The van der Waals surface area contributed by atoms with Crippen molar-refractivity contribution in [1.29, 1.82) is 0 Å². The number of nitrogens with one attached hydrogen (secondary N) is 1. The van der Waals surface area contributed by atoms with Gasteiger partial charge in [-0.15, -0.1) is 0 Å². The minimum atomic E-state index is -0.153. The number of hydrogen-bond acceptors (Lipinski definition) is 3. The summed E-state index contributed by atoms with van der Waals surface area (Å²) in [5.41, 5.74) is 1.64. The molecule has 0 spiro atoms. The first-order chi connectivity index (χ1) is 11.2. The standard InChI is InChI=1S/C18H23N3O2/c1-4-7-17(16-8-5-6-13-19-16)21(2)18(22)20-14-9-11-15(23-3)12-10-14/h5-6,8-13,17H,4,7H2,1-3H3,(H,20,22)/t17-/m1/s1. The van der Waals surface area contributed by atoms with Gasteiger partial charge in [0.05, 0.1) is 18.8 Å². The predicted octanol–water partition coefficient (Wildman–Crippen LogP) is 4.10. The number of urea groups is 1. The fourth-order valence-corrected chi connectivity index (χ4v) is 2.41. The Balaban J connectivity index is 2.09. The minimum Gasteiger partial charge on any atom is -0.497 e. The summed E-state index contributed by atoms with van der Waals surface area (Å²) >= 11 is 0. The van der Waals surface area contributed by atoms with Crippen molar-refractivity contribution in [2.45, 2.75) is 25.8 Å². The lowest BCUT2D eigenvalue weighted by Crippen LogP contribution is -2.35. The van der Waals surface area contributed by atoms with E-state index in [4.69, 9.17) is 4.74 Å². The van der Waals surface area contributed by atoms with Crippen molar-refractivity contribution < 1.29 is 9.53 Å². The van der Waals surface area contributed by atoms with Crippen molar-refractivity contribution in [2.24, 2.45) is 0 Å². The van der Waals surface area contributed by atoms with E-state index in [1.54, 1.807) is 25.3 Å². The molecular weight excluding hydrogens is 290 g/mol. The Morgan fingerprint density at radius 1 is 1.26 bits per heavy atom. The summed E-state index contributed by atoms with van der Waals surface area (Å²) in [6, 6.07) is 12.9. The summed E-state index contributed by atoms with van der Waals surface area (Å²) in [6.45, 7) is 2.10. The third kappa shape index (κ3) is 4.45. The molecule has 1 aromatic heterocycles. The maximum Gasteiger partial charge on any atom is 0.322 e. The number of pyridine rings is 1. The lowest BCUT2D eigenvalue weighted by atomic mass is 10.1. The summed E-state index contributed by atoms with van der Waals surface area (Å²) in [7, 11) is 3.41. The van der Waals surface area contributed by atoms with Gasteiger partial charge in [0, 0.05) is 18.9 Å². The summed E-state index contributed by atoms with van der Waals surface area (Å²) in [5, 5.41) is 2.91. The van der Waals surface area contributed by atoms with Gasteiger partial charge in [-0.05, 0) is 42.8 Å². The second kappa shape index (κ2) is 8.17. The molecule has 0 saturated carbocycles. The van der Waals surface area contributed by atoms with Gasteiger partial charge < -0.3 is 15.0 Å². The number of rotatable bonds is 6. The summed E-state index contributed by atoms with van der Waals surface area (Å²) in [5.74, 6) is 0.758. The second-order valence-corrected chi connectivity index (χ2v) is 5.33. The van der Waals surface area contributed by atoms with E-state index in [1.807, 2.05) is 42.5 Å². The third-order valence-corrected chi connectivity index (χ3v) is 3.72. The molecule has 0 bridgehead atoms. The molecule has 5 nitrogen and oxygen atoms in total.